The van der Waals surface area contributed by atoms with Crippen LogP contribution in [-0.4, -0.2) is 26.0 Å². The third kappa shape index (κ3) is 4.08. The number of carbonyl (C=O) groups is 2. The molecule has 0 aliphatic carbocycles. The molecule has 2 N–H and O–H groups in total. The maximum absolute atomic E-state index is 13.2. The number of carbonyl (C=O) groups excluding carboxylic acids is 2. The Labute approximate surface area is 156 Å². The molecule has 27 heavy (non-hydrogen) atoms. The van der Waals surface area contributed by atoms with Gasteiger partial charge >= 0.3 is 0 Å². The summed E-state index contributed by atoms with van der Waals surface area (Å²) in [6, 6.07) is 10.8. The average Bonchev–Trinajstić information content (AvgIpc) is 2.68. The smallest absolute Gasteiger partial charge is 0.253 e. The highest BCUT2D eigenvalue weighted by atomic mass is 19.1. The Bertz CT molecular complexity index is 893. The van der Waals surface area contributed by atoms with Crippen LogP contribution in [0.3, 0.4) is 0 Å². The lowest BCUT2D eigenvalue weighted by atomic mass is 9.86. The van der Waals surface area contributed by atoms with Crippen LogP contribution in [0.1, 0.15) is 17.9 Å². The molecule has 7 heteroatoms. The van der Waals surface area contributed by atoms with E-state index in [0.717, 1.165) is 0 Å². The van der Waals surface area contributed by atoms with Gasteiger partial charge in [0.1, 0.15) is 5.82 Å². The zero-order valence-corrected chi connectivity index (χ0v) is 14.9. The Balaban J connectivity index is 1.85. The minimum absolute atomic E-state index is 0.108. The van der Waals surface area contributed by atoms with E-state index in [1.165, 1.54) is 32.6 Å². The number of halogens is 1. The quantitative estimate of drug-likeness (QED) is 0.848. The zero-order valence-electron chi connectivity index (χ0n) is 14.9. The van der Waals surface area contributed by atoms with E-state index in [9.17, 15) is 14.0 Å². The van der Waals surface area contributed by atoms with Crippen LogP contribution >= 0.6 is 0 Å². The maximum Gasteiger partial charge on any atom is 0.253 e. The Morgan fingerprint density at radius 2 is 1.81 bits per heavy atom. The molecule has 6 nitrogen and oxygen atoms in total. The van der Waals surface area contributed by atoms with Crippen LogP contribution in [0.5, 0.6) is 11.5 Å². The minimum Gasteiger partial charge on any atom is -0.493 e. The molecule has 1 aliphatic heterocycles. The highest BCUT2D eigenvalue weighted by molar-refractivity contribution is 6.06. The van der Waals surface area contributed by atoms with Gasteiger partial charge in [-0.15, -0.1) is 0 Å². The molecule has 1 heterocycles. The number of amides is 2. The van der Waals surface area contributed by atoms with E-state index in [0.29, 0.717) is 28.3 Å². The second-order valence-electron chi connectivity index (χ2n) is 6.00. The Morgan fingerprint density at radius 3 is 2.48 bits per heavy atom. The van der Waals surface area contributed by atoms with Gasteiger partial charge in [0.05, 0.1) is 14.2 Å². The second-order valence-corrected chi connectivity index (χ2v) is 6.00. The summed E-state index contributed by atoms with van der Waals surface area (Å²) in [5.41, 5.74) is 1.60. The Hall–Kier alpha value is -3.35. The molecule has 2 amide bonds. The van der Waals surface area contributed by atoms with E-state index >= 15 is 0 Å². The summed E-state index contributed by atoms with van der Waals surface area (Å²) in [6.07, 6.45) is 1.51. The predicted molar refractivity (Wildman–Crippen MR) is 98.2 cm³/mol. The summed E-state index contributed by atoms with van der Waals surface area (Å²) in [4.78, 5) is 24.6. The van der Waals surface area contributed by atoms with Crippen molar-refractivity contribution in [3.8, 4) is 11.5 Å². The molecule has 0 saturated heterocycles. The molecule has 0 fully saturated rings. The first-order chi connectivity index (χ1) is 13.0. The van der Waals surface area contributed by atoms with Crippen molar-refractivity contribution >= 4 is 17.5 Å². The van der Waals surface area contributed by atoms with Crippen LogP contribution in [0, 0.1) is 5.82 Å². The zero-order chi connectivity index (χ0) is 19.4. The molecule has 0 bridgehead atoms. The average molecular weight is 370 g/mol. The third-order valence-electron chi connectivity index (χ3n) is 4.33. The highest BCUT2D eigenvalue weighted by Crippen LogP contribution is 2.33. The van der Waals surface area contributed by atoms with Crippen molar-refractivity contribution in [2.75, 3.05) is 19.5 Å². The summed E-state index contributed by atoms with van der Waals surface area (Å²) >= 11 is 0. The largest absolute Gasteiger partial charge is 0.493 e. The summed E-state index contributed by atoms with van der Waals surface area (Å²) < 4.78 is 23.6. The van der Waals surface area contributed by atoms with Crippen LogP contribution < -0.4 is 20.1 Å². The first-order valence-corrected chi connectivity index (χ1v) is 8.30. The van der Waals surface area contributed by atoms with Crippen LogP contribution in [-0.2, 0) is 9.59 Å². The summed E-state index contributed by atoms with van der Waals surface area (Å²) in [6.45, 7) is 0. The number of methoxy groups -OCH3 is 2. The number of hydrogen-bond acceptors (Lipinski definition) is 4. The van der Waals surface area contributed by atoms with Crippen molar-refractivity contribution in [3.63, 3.8) is 0 Å². The number of ether oxygens (including phenoxy) is 2. The van der Waals surface area contributed by atoms with Crippen molar-refractivity contribution in [1.82, 2.24) is 5.32 Å². The molecule has 0 aromatic heterocycles. The fourth-order valence-corrected chi connectivity index (χ4v) is 2.95. The van der Waals surface area contributed by atoms with E-state index in [2.05, 4.69) is 10.6 Å². The van der Waals surface area contributed by atoms with Crippen LogP contribution in [0.15, 0.2) is 54.2 Å². The van der Waals surface area contributed by atoms with Crippen molar-refractivity contribution < 1.29 is 23.5 Å². The molecule has 3 rings (SSSR count). The van der Waals surface area contributed by atoms with Gasteiger partial charge in [-0.2, -0.15) is 0 Å². The molecule has 1 atom stereocenters. The van der Waals surface area contributed by atoms with Crippen LogP contribution in [0.2, 0.25) is 0 Å². The van der Waals surface area contributed by atoms with Crippen LogP contribution in [0.4, 0.5) is 10.1 Å². The topological polar surface area (TPSA) is 76.7 Å². The lowest BCUT2D eigenvalue weighted by Crippen LogP contribution is -2.31. The molecule has 2 aromatic carbocycles. The number of anilines is 1. The van der Waals surface area contributed by atoms with Gasteiger partial charge < -0.3 is 20.1 Å². The SMILES string of the molecule is COc1ccc(NC(=O)C2=CNC(=O)CC2c2ccc(F)cc2)cc1OC. The van der Waals surface area contributed by atoms with Gasteiger partial charge in [0.15, 0.2) is 11.5 Å². The first-order valence-electron chi connectivity index (χ1n) is 8.30. The van der Waals surface area contributed by atoms with E-state index < -0.39 is 5.92 Å². The molecule has 0 saturated carbocycles. The monoisotopic (exact) mass is 370 g/mol. The number of rotatable bonds is 5. The molecule has 1 unspecified atom stereocenters. The number of hydrogen-bond donors (Lipinski definition) is 2. The van der Waals surface area contributed by atoms with Crippen molar-refractivity contribution in [1.29, 1.82) is 0 Å². The lowest BCUT2D eigenvalue weighted by Gasteiger charge is -2.24. The number of benzene rings is 2. The molecular formula is C20H19FN2O4. The molecule has 0 spiro atoms. The van der Waals surface area contributed by atoms with E-state index in [-0.39, 0.29) is 24.1 Å². The summed E-state index contributed by atoms with van der Waals surface area (Å²) in [5, 5.41) is 5.37. The molecular weight excluding hydrogens is 351 g/mol. The molecule has 2 aromatic rings. The van der Waals surface area contributed by atoms with Gasteiger partial charge in [-0.25, -0.2) is 4.39 Å². The van der Waals surface area contributed by atoms with Crippen LogP contribution in [0.25, 0.3) is 0 Å². The highest BCUT2D eigenvalue weighted by Gasteiger charge is 2.29. The lowest BCUT2D eigenvalue weighted by molar-refractivity contribution is -0.121. The normalized spacial score (nSPS) is 16.2. The van der Waals surface area contributed by atoms with E-state index in [1.807, 2.05) is 0 Å². The molecule has 140 valence electrons. The van der Waals surface area contributed by atoms with Gasteiger partial charge in [-0.3, -0.25) is 9.59 Å². The van der Waals surface area contributed by atoms with Gasteiger partial charge in [0.2, 0.25) is 5.91 Å². The Kier molecular flexibility index (Phi) is 5.40. The standard InChI is InChI=1S/C20H19FN2O4/c1-26-17-8-7-14(9-18(17)27-2)23-20(25)16-11-22-19(24)10-15(16)12-3-5-13(21)6-4-12/h3-9,11,15H,10H2,1-2H3,(H,22,24)(H,23,25). The summed E-state index contributed by atoms with van der Waals surface area (Å²) in [5.74, 6) is -0.373. The third-order valence-corrected chi connectivity index (χ3v) is 4.33. The Morgan fingerprint density at radius 1 is 1.11 bits per heavy atom. The van der Waals surface area contributed by atoms with Crippen molar-refractivity contribution in [2.45, 2.75) is 12.3 Å². The fraction of sp³-hybridized carbons (Fsp3) is 0.200. The second kappa shape index (κ2) is 7.90. The summed E-state index contributed by atoms with van der Waals surface area (Å²) in [7, 11) is 3.03. The minimum atomic E-state index is -0.459. The van der Waals surface area contributed by atoms with E-state index in [1.54, 1.807) is 30.3 Å². The maximum atomic E-state index is 13.2. The van der Waals surface area contributed by atoms with Crippen molar-refractivity contribution in [2.24, 2.45) is 0 Å². The van der Waals surface area contributed by atoms with Gasteiger partial charge in [-0.05, 0) is 29.8 Å². The molecule has 0 radical (unpaired) electrons. The van der Waals surface area contributed by atoms with E-state index in [4.69, 9.17) is 9.47 Å². The first kappa shape index (κ1) is 18.4. The molecule has 1 aliphatic rings. The van der Waals surface area contributed by atoms with Gasteiger partial charge in [-0.1, -0.05) is 12.1 Å². The van der Waals surface area contributed by atoms with Crippen molar-refractivity contribution in [3.05, 3.63) is 65.6 Å². The predicted octanol–water partition coefficient (Wildman–Crippen LogP) is 2.97. The fourth-order valence-electron chi connectivity index (χ4n) is 2.95. The van der Waals surface area contributed by atoms with Gasteiger partial charge in [0.25, 0.3) is 5.91 Å². The number of nitrogens with one attached hydrogen (secondary N) is 2. The van der Waals surface area contributed by atoms with Gasteiger partial charge in [0, 0.05) is 35.9 Å².